The minimum Gasteiger partial charge on any atom is -0.496 e. The Morgan fingerprint density at radius 1 is 1.33 bits per heavy atom. The van der Waals surface area contributed by atoms with Gasteiger partial charge in [-0.05, 0) is 58.7 Å². The molecule has 1 heterocycles. The number of benzene rings is 1. The number of nitrogens with zero attached hydrogens (tertiary/aromatic N) is 2. The highest BCUT2D eigenvalue weighted by molar-refractivity contribution is 9.10. The van der Waals surface area contributed by atoms with Crippen LogP contribution >= 0.6 is 15.9 Å². The molecule has 0 radical (unpaired) electrons. The SMILES string of the molecule is COc1ccc(/C(C)=N\NC(=O)c2ccccn2)cc1Br. The first-order valence-corrected chi connectivity index (χ1v) is 7.00. The molecule has 6 heteroatoms. The molecular formula is C15H14BrN3O2. The summed E-state index contributed by atoms with van der Waals surface area (Å²) in [6.45, 7) is 1.81. The van der Waals surface area contributed by atoms with Crippen LogP contribution in [0, 0.1) is 0 Å². The van der Waals surface area contributed by atoms with E-state index in [-0.39, 0.29) is 5.91 Å². The van der Waals surface area contributed by atoms with Crippen LogP contribution in [0.3, 0.4) is 0 Å². The van der Waals surface area contributed by atoms with Crippen LogP contribution in [0.25, 0.3) is 0 Å². The molecule has 0 bridgehead atoms. The van der Waals surface area contributed by atoms with Gasteiger partial charge in [0.1, 0.15) is 11.4 Å². The molecule has 0 saturated carbocycles. The Kier molecular flexibility index (Phi) is 5.05. The minimum atomic E-state index is -0.345. The van der Waals surface area contributed by atoms with E-state index < -0.39 is 0 Å². The number of ether oxygens (including phenoxy) is 1. The van der Waals surface area contributed by atoms with E-state index in [1.54, 1.807) is 31.5 Å². The number of hydrogen-bond donors (Lipinski definition) is 1. The van der Waals surface area contributed by atoms with E-state index in [9.17, 15) is 4.79 Å². The van der Waals surface area contributed by atoms with Crippen molar-refractivity contribution in [1.29, 1.82) is 0 Å². The van der Waals surface area contributed by atoms with Gasteiger partial charge in [-0.1, -0.05) is 6.07 Å². The van der Waals surface area contributed by atoms with E-state index in [1.807, 2.05) is 25.1 Å². The quantitative estimate of drug-likeness (QED) is 0.682. The third kappa shape index (κ3) is 3.88. The molecule has 21 heavy (non-hydrogen) atoms. The topological polar surface area (TPSA) is 63.6 Å². The summed E-state index contributed by atoms with van der Waals surface area (Å²) in [5.41, 5.74) is 4.37. The van der Waals surface area contributed by atoms with E-state index in [1.165, 1.54) is 0 Å². The van der Waals surface area contributed by atoms with Crippen molar-refractivity contribution in [1.82, 2.24) is 10.4 Å². The van der Waals surface area contributed by atoms with Crippen molar-refractivity contribution in [3.8, 4) is 5.75 Å². The Hall–Kier alpha value is -2.21. The van der Waals surface area contributed by atoms with E-state index in [0.717, 1.165) is 15.8 Å². The average Bonchev–Trinajstić information content (AvgIpc) is 2.53. The summed E-state index contributed by atoms with van der Waals surface area (Å²) in [5, 5.41) is 4.08. The molecule has 1 aromatic carbocycles. The van der Waals surface area contributed by atoms with Gasteiger partial charge in [0, 0.05) is 6.20 Å². The van der Waals surface area contributed by atoms with Crippen molar-refractivity contribution in [2.24, 2.45) is 5.10 Å². The zero-order valence-corrected chi connectivity index (χ0v) is 13.2. The molecule has 1 aromatic heterocycles. The van der Waals surface area contributed by atoms with Crippen LogP contribution in [0.4, 0.5) is 0 Å². The standard InChI is InChI=1S/C15H14BrN3O2/c1-10(11-6-7-14(21-2)12(16)9-11)18-19-15(20)13-5-3-4-8-17-13/h3-9H,1-2H3,(H,19,20)/b18-10-. The van der Waals surface area contributed by atoms with E-state index in [4.69, 9.17) is 4.74 Å². The Bertz CT molecular complexity index is 672. The Morgan fingerprint density at radius 3 is 2.76 bits per heavy atom. The van der Waals surface area contributed by atoms with Gasteiger partial charge in [0.05, 0.1) is 17.3 Å². The molecule has 0 saturated heterocycles. The van der Waals surface area contributed by atoms with E-state index in [2.05, 4.69) is 31.4 Å². The van der Waals surface area contributed by atoms with Crippen molar-refractivity contribution in [3.05, 3.63) is 58.3 Å². The number of carbonyl (C=O) groups is 1. The lowest BCUT2D eigenvalue weighted by molar-refractivity contribution is 0.0950. The first kappa shape index (κ1) is 15.2. The van der Waals surface area contributed by atoms with Crippen molar-refractivity contribution >= 4 is 27.5 Å². The number of hydrazone groups is 1. The fourth-order valence-corrected chi connectivity index (χ4v) is 2.19. The van der Waals surface area contributed by atoms with Crippen molar-refractivity contribution in [3.63, 3.8) is 0 Å². The molecule has 0 aliphatic heterocycles. The molecule has 2 aromatic rings. The normalized spacial score (nSPS) is 11.1. The number of aromatic nitrogens is 1. The fourth-order valence-electron chi connectivity index (χ4n) is 1.64. The number of nitrogens with one attached hydrogen (secondary N) is 1. The zero-order valence-electron chi connectivity index (χ0n) is 11.6. The van der Waals surface area contributed by atoms with Gasteiger partial charge in [-0.2, -0.15) is 5.10 Å². The molecule has 0 atom stereocenters. The molecule has 0 aliphatic carbocycles. The molecule has 1 amide bonds. The highest BCUT2D eigenvalue weighted by atomic mass is 79.9. The van der Waals surface area contributed by atoms with E-state index in [0.29, 0.717) is 11.4 Å². The second kappa shape index (κ2) is 6.99. The number of halogens is 1. The molecular weight excluding hydrogens is 334 g/mol. The smallest absolute Gasteiger partial charge is 0.289 e. The van der Waals surface area contributed by atoms with Crippen molar-refractivity contribution in [2.75, 3.05) is 7.11 Å². The first-order chi connectivity index (χ1) is 10.1. The second-order valence-corrected chi connectivity index (χ2v) is 5.06. The Balaban J connectivity index is 2.11. The number of hydrogen-bond acceptors (Lipinski definition) is 4. The van der Waals surface area contributed by atoms with Gasteiger partial charge in [-0.15, -0.1) is 0 Å². The van der Waals surface area contributed by atoms with Crippen LogP contribution < -0.4 is 10.2 Å². The lowest BCUT2D eigenvalue weighted by Crippen LogP contribution is -2.20. The van der Waals surface area contributed by atoms with Crippen LogP contribution in [0.5, 0.6) is 5.75 Å². The van der Waals surface area contributed by atoms with Crippen LogP contribution in [-0.2, 0) is 0 Å². The maximum Gasteiger partial charge on any atom is 0.289 e. The van der Waals surface area contributed by atoms with Crippen LogP contribution in [-0.4, -0.2) is 23.7 Å². The lowest BCUT2D eigenvalue weighted by atomic mass is 10.1. The highest BCUT2D eigenvalue weighted by Crippen LogP contribution is 2.25. The number of amides is 1. The average molecular weight is 348 g/mol. The van der Waals surface area contributed by atoms with Gasteiger partial charge in [-0.3, -0.25) is 9.78 Å². The van der Waals surface area contributed by atoms with Crippen molar-refractivity contribution in [2.45, 2.75) is 6.92 Å². The van der Waals surface area contributed by atoms with Crippen LogP contribution in [0.1, 0.15) is 23.0 Å². The summed E-state index contributed by atoms with van der Waals surface area (Å²) in [7, 11) is 1.60. The third-order valence-corrected chi connectivity index (χ3v) is 3.41. The summed E-state index contributed by atoms with van der Waals surface area (Å²) in [5.74, 6) is 0.395. The Morgan fingerprint density at radius 2 is 2.14 bits per heavy atom. The van der Waals surface area contributed by atoms with Gasteiger partial charge in [0.2, 0.25) is 0 Å². The second-order valence-electron chi connectivity index (χ2n) is 4.20. The molecule has 0 fully saturated rings. The highest BCUT2D eigenvalue weighted by Gasteiger charge is 2.07. The van der Waals surface area contributed by atoms with Gasteiger partial charge in [0.15, 0.2) is 0 Å². The molecule has 0 spiro atoms. The molecule has 1 N–H and O–H groups in total. The summed E-state index contributed by atoms with van der Waals surface area (Å²) >= 11 is 3.42. The van der Waals surface area contributed by atoms with Gasteiger partial charge in [0.25, 0.3) is 5.91 Å². The summed E-state index contributed by atoms with van der Waals surface area (Å²) < 4.78 is 6.00. The van der Waals surface area contributed by atoms with Crippen LogP contribution in [0.15, 0.2) is 52.2 Å². The third-order valence-electron chi connectivity index (χ3n) is 2.79. The Labute approximate surface area is 131 Å². The lowest BCUT2D eigenvalue weighted by Gasteiger charge is -2.06. The largest absolute Gasteiger partial charge is 0.496 e. The maximum atomic E-state index is 11.8. The first-order valence-electron chi connectivity index (χ1n) is 6.21. The zero-order chi connectivity index (χ0) is 15.2. The fraction of sp³-hybridized carbons (Fsp3) is 0.133. The molecule has 2 rings (SSSR count). The number of methoxy groups -OCH3 is 1. The van der Waals surface area contributed by atoms with Gasteiger partial charge < -0.3 is 4.74 Å². The van der Waals surface area contributed by atoms with Gasteiger partial charge >= 0.3 is 0 Å². The predicted octanol–water partition coefficient (Wildman–Crippen LogP) is 3.01. The number of rotatable bonds is 4. The van der Waals surface area contributed by atoms with Crippen molar-refractivity contribution < 1.29 is 9.53 Å². The predicted molar refractivity (Wildman–Crippen MR) is 84.6 cm³/mol. The summed E-state index contributed by atoms with van der Waals surface area (Å²) in [6.07, 6.45) is 1.56. The molecule has 0 aliphatic rings. The molecule has 108 valence electrons. The monoisotopic (exact) mass is 347 g/mol. The minimum absolute atomic E-state index is 0.324. The summed E-state index contributed by atoms with van der Waals surface area (Å²) in [4.78, 5) is 15.8. The molecule has 5 nitrogen and oxygen atoms in total. The number of carbonyl (C=O) groups excluding carboxylic acids is 1. The molecule has 0 unspecified atom stereocenters. The summed E-state index contributed by atoms with van der Waals surface area (Å²) in [6, 6.07) is 10.7. The van der Waals surface area contributed by atoms with E-state index >= 15 is 0 Å². The number of pyridine rings is 1. The van der Waals surface area contributed by atoms with Crippen LogP contribution in [0.2, 0.25) is 0 Å². The maximum absolute atomic E-state index is 11.8. The van der Waals surface area contributed by atoms with Gasteiger partial charge in [-0.25, -0.2) is 5.43 Å².